The van der Waals surface area contributed by atoms with Gasteiger partial charge in [0, 0.05) is 36.9 Å². The number of amides is 1. The lowest BCUT2D eigenvalue weighted by atomic mass is 9.82. The molecule has 0 atom stereocenters. The van der Waals surface area contributed by atoms with Gasteiger partial charge in [0.2, 0.25) is 5.91 Å². The minimum atomic E-state index is -0.454. The van der Waals surface area contributed by atoms with Crippen molar-refractivity contribution >= 4 is 23.3 Å². The molecule has 1 aromatic carbocycles. The van der Waals surface area contributed by atoms with Crippen molar-refractivity contribution in [3.63, 3.8) is 0 Å². The number of ketones is 1. The molecule has 1 saturated heterocycles. The number of piperidine rings is 1. The van der Waals surface area contributed by atoms with Crippen molar-refractivity contribution in [2.45, 2.75) is 50.5 Å². The number of nitrogens with zero attached hydrogens (tertiary/aromatic N) is 1. The van der Waals surface area contributed by atoms with Crippen LogP contribution in [0.2, 0.25) is 5.02 Å². The normalized spacial score (nSPS) is 23.2. The third-order valence-electron chi connectivity index (χ3n) is 5.74. The lowest BCUT2D eigenvalue weighted by Gasteiger charge is -2.44. The average Bonchev–Trinajstić information content (AvgIpc) is 3.10. The Labute approximate surface area is 147 Å². The van der Waals surface area contributed by atoms with Gasteiger partial charge in [-0.2, -0.15) is 0 Å². The Bertz CT molecular complexity index is 673. The third-order valence-corrected chi connectivity index (χ3v) is 5.98. The Kier molecular flexibility index (Phi) is 4.03. The van der Waals surface area contributed by atoms with E-state index in [2.05, 4.69) is 0 Å². The summed E-state index contributed by atoms with van der Waals surface area (Å²) < 4.78 is 6.22. The Balaban J connectivity index is 1.46. The molecule has 1 amide bonds. The summed E-state index contributed by atoms with van der Waals surface area (Å²) >= 11 is 5.98. The van der Waals surface area contributed by atoms with Crippen LogP contribution >= 0.6 is 11.6 Å². The van der Waals surface area contributed by atoms with Crippen LogP contribution in [-0.2, 0) is 4.79 Å². The van der Waals surface area contributed by atoms with E-state index in [9.17, 15) is 9.59 Å². The third kappa shape index (κ3) is 2.81. The van der Waals surface area contributed by atoms with Gasteiger partial charge in [0.05, 0.1) is 12.0 Å². The Morgan fingerprint density at radius 3 is 2.62 bits per heavy atom. The van der Waals surface area contributed by atoms with Gasteiger partial charge < -0.3 is 9.64 Å². The highest BCUT2D eigenvalue weighted by Crippen LogP contribution is 2.40. The van der Waals surface area contributed by atoms with Crippen LogP contribution < -0.4 is 4.74 Å². The molecule has 2 fully saturated rings. The molecule has 0 radical (unpaired) electrons. The number of hydrogen-bond donors (Lipinski definition) is 0. The molecule has 1 aliphatic carbocycles. The zero-order chi connectivity index (χ0) is 16.7. The summed E-state index contributed by atoms with van der Waals surface area (Å²) in [7, 11) is 0. The maximum Gasteiger partial charge on any atom is 0.225 e. The number of rotatable bonds is 1. The highest BCUT2D eigenvalue weighted by molar-refractivity contribution is 6.31. The van der Waals surface area contributed by atoms with Crippen molar-refractivity contribution in [1.29, 1.82) is 0 Å². The largest absolute Gasteiger partial charge is 0.486 e. The highest BCUT2D eigenvalue weighted by atomic mass is 35.5. The van der Waals surface area contributed by atoms with Crippen LogP contribution in [0.3, 0.4) is 0 Å². The number of fused-ring (bicyclic) bond motifs is 1. The van der Waals surface area contributed by atoms with Crippen molar-refractivity contribution < 1.29 is 14.3 Å². The summed E-state index contributed by atoms with van der Waals surface area (Å²) in [6, 6.07) is 5.23. The topological polar surface area (TPSA) is 46.6 Å². The van der Waals surface area contributed by atoms with Gasteiger partial charge in [-0.25, -0.2) is 0 Å². The van der Waals surface area contributed by atoms with Gasteiger partial charge in [-0.1, -0.05) is 24.4 Å². The fourth-order valence-electron chi connectivity index (χ4n) is 4.31. The monoisotopic (exact) mass is 347 g/mol. The maximum atomic E-state index is 12.6. The number of hydrogen-bond acceptors (Lipinski definition) is 3. The summed E-state index contributed by atoms with van der Waals surface area (Å²) in [5.41, 5.74) is 0.127. The number of carbonyl (C=O) groups excluding carboxylic acids is 2. The molecule has 0 bridgehead atoms. The summed E-state index contributed by atoms with van der Waals surface area (Å²) in [6.45, 7) is 1.37. The SMILES string of the molecule is O=C1CC2(CCN(C(=O)C3CCCC3)CC2)Oc2ccc(Cl)cc21. The first-order valence-electron chi connectivity index (χ1n) is 8.87. The fourth-order valence-corrected chi connectivity index (χ4v) is 4.48. The van der Waals surface area contributed by atoms with Gasteiger partial charge in [0.15, 0.2) is 5.78 Å². The quantitative estimate of drug-likeness (QED) is 0.775. The molecule has 1 spiro atoms. The van der Waals surface area contributed by atoms with E-state index < -0.39 is 5.60 Å². The summed E-state index contributed by atoms with van der Waals surface area (Å²) in [6.07, 6.45) is 6.23. The molecule has 3 aliphatic rings. The average molecular weight is 348 g/mol. The molecule has 128 valence electrons. The molecule has 0 N–H and O–H groups in total. The first-order valence-corrected chi connectivity index (χ1v) is 9.25. The van der Waals surface area contributed by atoms with Gasteiger partial charge in [0.1, 0.15) is 11.4 Å². The molecule has 1 saturated carbocycles. The number of halogens is 1. The van der Waals surface area contributed by atoms with Crippen molar-refractivity contribution in [3.05, 3.63) is 28.8 Å². The standard InChI is InChI=1S/C19H22ClNO3/c20-14-5-6-17-15(11-14)16(22)12-19(24-17)7-9-21(10-8-19)18(23)13-3-1-2-4-13/h5-6,11,13H,1-4,7-10,12H2. The molecule has 5 heteroatoms. The minimum absolute atomic E-state index is 0.0920. The van der Waals surface area contributed by atoms with E-state index in [0.29, 0.717) is 41.8 Å². The molecular formula is C19H22ClNO3. The van der Waals surface area contributed by atoms with Crippen LogP contribution in [0.15, 0.2) is 18.2 Å². The predicted molar refractivity (Wildman–Crippen MR) is 91.5 cm³/mol. The second-order valence-corrected chi connectivity index (χ2v) is 7.77. The minimum Gasteiger partial charge on any atom is -0.486 e. The Morgan fingerprint density at radius 1 is 1.21 bits per heavy atom. The highest BCUT2D eigenvalue weighted by Gasteiger charge is 2.44. The molecule has 0 aromatic heterocycles. The van der Waals surface area contributed by atoms with Crippen LogP contribution in [0.1, 0.15) is 55.3 Å². The van der Waals surface area contributed by atoms with Crippen molar-refractivity contribution in [2.24, 2.45) is 5.92 Å². The van der Waals surface area contributed by atoms with E-state index in [1.54, 1.807) is 18.2 Å². The zero-order valence-corrected chi connectivity index (χ0v) is 14.5. The van der Waals surface area contributed by atoms with Crippen LogP contribution in [-0.4, -0.2) is 35.3 Å². The summed E-state index contributed by atoms with van der Waals surface area (Å²) in [4.78, 5) is 27.1. The molecule has 4 rings (SSSR count). The molecule has 0 unspecified atom stereocenters. The number of likely N-dealkylation sites (tertiary alicyclic amines) is 1. The molecule has 24 heavy (non-hydrogen) atoms. The van der Waals surface area contributed by atoms with Gasteiger partial charge in [-0.3, -0.25) is 9.59 Å². The van der Waals surface area contributed by atoms with Crippen molar-refractivity contribution in [1.82, 2.24) is 4.90 Å². The molecule has 2 heterocycles. The van der Waals surface area contributed by atoms with E-state index in [-0.39, 0.29) is 11.7 Å². The van der Waals surface area contributed by atoms with Crippen molar-refractivity contribution in [2.75, 3.05) is 13.1 Å². The smallest absolute Gasteiger partial charge is 0.225 e. The summed E-state index contributed by atoms with van der Waals surface area (Å²) in [5, 5.41) is 0.554. The van der Waals surface area contributed by atoms with E-state index in [4.69, 9.17) is 16.3 Å². The maximum absolute atomic E-state index is 12.6. The second-order valence-electron chi connectivity index (χ2n) is 7.33. The second kappa shape index (κ2) is 6.07. The number of benzene rings is 1. The van der Waals surface area contributed by atoms with Crippen LogP contribution in [0, 0.1) is 5.92 Å². The van der Waals surface area contributed by atoms with Crippen LogP contribution in [0.4, 0.5) is 0 Å². The first-order chi connectivity index (χ1) is 11.6. The predicted octanol–water partition coefficient (Wildman–Crippen LogP) is 3.86. The molecule has 2 aliphatic heterocycles. The number of ether oxygens (including phenoxy) is 1. The molecule has 4 nitrogen and oxygen atoms in total. The lowest BCUT2D eigenvalue weighted by Crippen LogP contribution is -2.53. The van der Waals surface area contributed by atoms with Gasteiger partial charge >= 0.3 is 0 Å². The van der Waals surface area contributed by atoms with E-state index >= 15 is 0 Å². The van der Waals surface area contributed by atoms with Crippen LogP contribution in [0.5, 0.6) is 5.75 Å². The Hall–Kier alpha value is -1.55. The molecule has 1 aromatic rings. The van der Waals surface area contributed by atoms with E-state index in [1.807, 2.05) is 4.90 Å². The van der Waals surface area contributed by atoms with Gasteiger partial charge in [-0.05, 0) is 31.0 Å². The number of carbonyl (C=O) groups is 2. The molecular weight excluding hydrogens is 326 g/mol. The van der Waals surface area contributed by atoms with E-state index in [0.717, 1.165) is 25.7 Å². The van der Waals surface area contributed by atoms with E-state index in [1.165, 1.54) is 12.8 Å². The summed E-state index contributed by atoms with van der Waals surface area (Å²) in [5.74, 6) is 1.24. The lowest BCUT2D eigenvalue weighted by molar-refractivity contribution is -0.138. The van der Waals surface area contributed by atoms with Gasteiger partial charge in [-0.15, -0.1) is 0 Å². The van der Waals surface area contributed by atoms with Gasteiger partial charge in [0.25, 0.3) is 0 Å². The first kappa shape index (κ1) is 15.9. The fraction of sp³-hybridized carbons (Fsp3) is 0.579. The Morgan fingerprint density at radius 2 is 1.92 bits per heavy atom. The van der Waals surface area contributed by atoms with Crippen molar-refractivity contribution in [3.8, 4) is 5.75 Å². The van der Waals surface area contributed by atoms with Crippen LogP contribution in [0.25, 0.3) is 0 Å². The zero-order valence-electron chi connectivity index (χ0n) is 13.7. The number of Topliss-reactive ketones (excluding diaryl/α,β-unsaturated/α-hetero) is 1.